The summed E-state index contributed by atoms with van der Waals surface area (Å²) in [5, 5.41) is 34.0. The molecule has 9 atom stereocenters. The second-order valence-corrected chi connectivity index (χ2v) is 16.0. The molecule has 39 heavy (non-hydrogen) atoms. The van der Waals surface area contributed by atoms with Crippen LogP contribution in [0.25, 0.3) is 11.2 Å². The molecule has 0 aromatic carbocycles. The van der Waals surface area contributed by atoms with Crippen LogP contribution in [-0.2, 0) is 14.1 Å². The fourth-order valence-electron chi connectivity index (χ4n) is 8.82. The smallest absolute Gasteiger partial charge is 0.313 e. The van der Waals surface area contributed by atoms with E-state index in [2.05, 4.69) is 34.1 Å². The SMILES string of the molecule is C[C@]12CC3CC(Nc4nc(Cl)nc5c4ncn5[C@@H]4O[C@H](CCP(=O)(O)CC(=O)O)[C@H](O)C4O)(C1)C[C@@](C)(C3)C2. The molecule has 4 unspecified atom stereocenters. The van der Waals surface area contributed by atoms with E-state index in [0.29, 0.717) is 22.9 Å². The van der Waals surface area contributed by atoms with E-state index >= 15 is 0 Å². The number of fused-ring (bicyclic) bond motifs is 1. The molecule has 0 amide bonds. The molecule has 7 rings (SSSR count). The Balaban J connectivity index is 1.26. The van der Waals surface area contributed by atoms with Gasteiger partial charge in [0, 0.05) is 11.7 Å². The Morgan fingerprint density at radius 2 is 1.87 bits per heavy atom. The Hall–Kier alpha value is -1.82. The summed E-state index contributed by atoms with van der Waals surface area (Å²) in [6.07, 6.45) is 2.20. The molecule has 5 fully saturated rings. The van der Waals surface area contributed by atoms with Crippen LogP contribution in [0.3, 0.4) is 0 Å². The predicted molar refractivity (Wildman–Crippen MR) is 142 cm³/mol. The van der Waals surface area contributed by atoms with Gasteiger partial charge in [0.05, 0.1) is 12.4 Å². The minimum atomic E-state index is -3.96. The van der Waals surface area contributed by atoms with Crippen molar-refractivity contribution in [3.63, 3.8) is 0 Å². The molecule has 4 aliphatic carbocycles. The lowest BCUT2D eigenvalue weighted by Crippen LogP contribution is -2.61. The van der Waals surface area contributed by atoms with Gasteiger partial charge < -0.3 is 30.3 Å². The summed E-state index contributed by atoms with van der Waals surface area (Å²) < 4.78 is 19.5. The summed E-state index contributed by atoms with van der Waals surface area (Å²) in [5.41, 5.74) is 1.25. The van der Waals surface area contributed by atoms with Crippen molar-refractivity contribution in [3.8, 4) is 0 Å². The first-order valence-corrected chi connectivity index (χ1v) is 15.8. The number of aliphatic hydroxyl groups excluding tert-OH is 2. The fourth-order valence-corrected chi connectivity index (χ4v) is 10.2. The summed E-state index contributed by atoms with van der Waals surface area (Å²) in [4.78, 5) is 34.2. The number of nitrogens with zero attached hydrogens (tertiary/aromatic N) is 4. The van der Waals surface area contributed by atoms with Gasteiger partial charge in [-0.25, -0.2) is 4.98 Å². The lowest BCUT2D eigenvalue weighted by molar-refractivity contribution is -0.134. The summed E-state index contributed by atoms with van der Waals surface area (Å²) >= 11 is 6.37. The molecule has 1 saturated heterocycles. The van der Waals surface area contributed by atoms with Gasteiger partial charge in [-0.15, -0.1) is 0 Å². The lowest BCUT2D eigenvalue weighted by atomic mass is 9.43. The number of ether oxygens (including phenoxy) is 1. The average Bonchev–Trinajstić information content (AvgIpc) is 3.30. The molecule has 4 bridgehead atoms. The van der Waals surface area contributed by atoms with Gasteiger partial charge in [0.15, 0.2) is 23.2 Å². The van der Waals surface area contributed by atoms with Gasteiger partial charge in [-0.2, -0.15) is 9.97 Å². The third kappa shape index (κ3) is 4.97. The molecule has 14 heteroatoms. The topological polar surface area (TPSA) is 180 Å². The van der Waals surface area contributed by atoms with E-state index in [9.17, 15) is 24.5 Å². The maximum Gasteiger partial charge on any atom is 0.313 e. The highest BCUT2D eigenvalue weighted by Gasteiger charge is 2.60. The Morgan fingerprint density at radius 1 is 1.18 bits per heavy atom. The van der Waals surface area contributed by atoms with Crippen LogP contribution < -0.4 is 5.32 Å². The Morgan fingerprint density at radius 3 is 2.51 bits per heavy atom. The van der Waals surface area contributed by atoms with Crippen molar-refractivity contribution in [2.45, 2.75) is 88.9 Å². The lowest BCUT2D eigenvalue weighted by Gasteiger charge is -2.65. The van der Waals surface area contributed by atoms with Gasteiger partial charge in [0.2, 0.25) is 12.7 Å². The molecule has 4 saturated carbocycles. The first-order valence-electron chi connectivity index (χ1n) is 13.4. The standard InChI is InChI=1S/C25H35ClN5O7P/c1-23-5-13-6-24(2,9-23)11-25(7-13,10-23)30-19-16-20(29-22(26)28-19)31(12-27-16)21-18(35)17(34)14(38-21)3-4-39(36,37)8-15(32)33/h12-14,17-18,21,34-35H,3-11H2,1-2H3,(H,32,33)(H,36,37)(H,28,29,30)/t13?,14-,17+,18?,21-,23-,24+,25?/m1/s1. The molecule has 12 nitrogen and oxygen atoms in total. The molecule has 0 spiro atoms. The maximum atomic E-state index is 12.2. The Bertz CT molecular complexity index is 1350. The molecule has 2 aromatic rings. The molecular formula is C25H35ClN5O7P. The number of imidazole rings is 1. The summed E-state index contributed by atoms with van der Waals surface area (Å²) in [7, 11) is -3.96. The third-order valence-electron chi connectivity index (χ3n) is 9.16. The van der Waals surface area contributed by atoms with Gasteiger partial charge in [0.25, 0.3) is 0 Å². The second kappa shape index (κ2) is 9.09. The zero-order valence-corrected chi connectivity index (χ0v) is 23.6. The van der Waals surface area contributed by atoms with E-state index in [1.54, 1.807) is 0 Å². The number of hydrogen-bond acceptors (Lipinski definition) is 9. The molecular weight excluding hydrogens is 549 g/mol. The minimum Gasteiger partial charge on any atom is -0.481 e. The summed E-state index contributed by atoms with van der Waals surface area (Å²) in [6.45, 7) is 4.78. The summed E-state index contributed by atoms with van der Waals surface area (Å²) in [6, 6.07) is 0. The highest BCUT2D eigenvalue weighted by molar-refractivity contribution is 7.58. The van der Waals surface area contributed by atoms with Gasteiger partial charge in [-0.05, 0) is 73.3 Å². The molecule has 5 N–H and O–H groups in total. The molecule has 5 aliphatic rings. The van der Waals surface area contributed by atoms with Crippen molar-refractivity contribution < 1.29 is 34.3 Å². The van der Waals surface area contributed by atoms with Gasteiger partial charge >= 0.3 is 5.97 Å². The number of aliphatic hydroxyl groups is 2. The van der Waals surface area contributed by atoms with Crippen LogP contribution >= 0.6 is 19.0 Å². The number of hydrogen-bond donors (Lipinski definition) is 5. The molecule has 2 aromatic heterocycles. The first kappa shape index (κ1) is 27.4. The third-order valence-corrected chi connectivity index (χ3v) is 11.1. The predicted octanol–water partition coefficient (Wildman–Crippen LogP) is 3.00. The largest absolute Gasteiger partial charge is 0.481 e. The van der Waals surface area contributed by atoms with Gasteiger partial charge in [-0.3, -0.25) is 13.9 Å². The number of nitrogens with one attached hydrogen (secondary N) is 1. The zero-order chi connectivity index (χ0) is 28.0. The first-order chi connectivity index (χ1) is 18.2. The van der Waals surface area contributed by atoms with Gasteiger partial charge in [0.1, 0.15) is 18.4 Å². The maximum absolute atomic E-state index is 12.2. The highest BCUT2D eigenvalue weighted by Crippen LogP contribution is 2.67. The minimum absolute atomic E-state index is 0.00776. The van der Waals surface area contributed by atoms with E-state index in [1.807, 2.05) is 0 Å². The molecule has 214 valence electrons. The van der Waals surface area contributed by atoms with E-state index in [0.717, 1.165) is 19.3 Å². The van der Waals surface area contributed by atoms with E-state index in [-0.39, 0.29) is 34.2 Å². The van der Waals surface area contributed by atoms with Crippen molar-refractivity contribution in [2.24, 2.45) is 16.7 Å². The quantitative estimate of drug-likeness (QED) is 0.228. The van der Waals surface area contributed by atoms with Crippen molar-refractivity contribution in [2.75, 3.05) is 17.6 Å². The number of halogens is 1. The van der Waals surface area contributed by atoms with Crippen molar-refractivity contribution in [1.82, 2.24) is 19.5 Å². The summed E-state index contributed by atoms with van der Waals surface area (Å²) in [5.74, 6) is -0.189. The van der Waals surface area contributed by atoms with Gasteiger partial charge in [-0.1, -0.05) is 13.8 Å². The zero-order valence-electron chi connectivity index (χ0n) is 22.0. The number of carboxylic acids is 1. The van der Waals surface area contributed by atoms with Crippen LogP contribution in [0.15, 0.2) is 6.33 Å². The van der Waals surface area contributed by atoms with Crippen LogP contribution in [-0.4, -0.2) is 81.9 Å². The number of anilines is 1. The van der Waals surface area contributed by atoms with E-state index in [4.69, 9.17) is 21.4 Å². The van der Waals surface area contributed by atoms with Crippen molar-refractivity contribution in [1.29, 1.82) is 0 Å². The number of rotatable bonds is 8. The van der Waals surface area contributed by atoms with Crippen molar-refractivity contribution >= 4 is 41.9 Å². The van der Waals surface area contributed by atoms with Crippen LogP contribution in [0.2, 0.25) is 5.28 Å². The normalized spacial score (nSPS) is 40.7. The second-order valence-electron chi connectivity index (χ2n) is 13.2. The number of aliphatic carboxylic acids is 1. The van der Waals surface area contributed by atoms with Crippen LogP contribution in [0.4, 0.5) is 5.82 Å². The monoisotopic (exact) mass is 583 g/mol. The molecule has 0 radical (unpaired) electrons. The number of carbonyl (C=O) groups is 1. The van der Waals surface area contributed by atoms with Crippen molar-refractivity contribution in [3.05, 3.63) is 11.6 Å². The van der Waals surface area contributed by atoms with Crippen LogP contribution in [0, 0.1) is 16.7 Å². The Labute approximate surface area is 230 Å². The number of carboxylic acid groups (broad SMARTS) is 1. The van der Waals surface area contributed by atoms with E-state index in [1.165, 1.54) is 30.2 Å². The van der Waals surface area contributed by atoms with Crippen LogP contribution in [0.1, 0.15) is 65.0 Å². The van der Waals surface area contributed by atoms with E-state index < -0.39 is 44.0 Å². The highest BCUT2D eigenvalue weighted by atomic mass is 35.5. The average molecular weight is 584 g/mol. The molecule has 1 aliphatic heterocycles. The molecule has 3 heterocycles. The Kier molecular flexibility index (Phi) is 6.38. The fraction of sp³-hybridized carbons (Fsp3) is 0.760. The number of aromatic nitrogens is 4. The van der Waals surface area contributed by atoms with Crippen LogP contribution in [0.5, 0.6) is 0 Å².